The summed E-state index contributed by atoms with van der Waals surface area (Å²) in [5, 5.41) is 21.9. The Morgan fingerprint density at radius 1 is 1.11 bits per heavy atom. The predicted octanol–water partition coefficient (Wildman–Crippen LogP) is 3.66. The van der Waals surface area contributed by atoms with Crippen LogP contribution in [0.5, 0.6) is 11.5 Å². The van der Waals surface area contributed by atoms with E-state index in [1.165, 1.54) is 12.1 Å². The number of nitrogens with one attached hydrogen (secondary N) is 1. The summed E-state index contributed by atoms with van der Waals surface area (Å²) in [6.07, 6.45) is 0. The van der Waals surface area contributed by atoms with Gasteiger partial charge in [0.15, 0.2) is 0 Å². The quantitative estimate of drug-likeness (QED) is 0.741. The number of carbonyl (C=O) groups is 1. The molecule has 2 aromatic rings. The van der Waals surface area contributed by atoms with Crippen LogP contribution >= 0.6 is 23.2 Å². The number of hydrogen-bond acceptors (Lipinski definition) is 3. The fraction of sp³-hybridized carbons (Fsp3) is 0. The number of aromatic hydroxyl groups is 2. The van der Waals surface area contributed by atoms with Crippen LogP contribution in [0.4, 0.5) is 5.69 Å². The van der Waals surface area contributed by atoms with Crippen molar-refractivity contribution in [2.75, 3.05) is 5.32 Å². The molecule has 0 heterocycles. The smallest absolute Gasteiger partial charge is 0.259 e. The summed E-state index contributed by atoms with van der Waals surface area (Å²) in [7, 11) is 0. The van der Waals surface area contributed by atoms with Crippen LogP contribution in [-0.4, -0.2) is 16.1 Å². The van der Waals surface area contributed by atoms with Crippen LogP contribution in [0.2, 0.25) is 10.0 Å². The molecule has 0 aliphatic heterocycles. The summed E-state index contributed by atoms with van der Waals surface area (Å²) in [6, 6.07) is 8.45. The van der Waals surface area contributed by atoms with Crippen molar-refractivity contribution in [3.63, 3.8) is 0 Å². The maximum absolute atomic E-state index is 12.0. The second-order valence-corrected chi connectivity index (χ2v) is 4.54. The van der Waals surface area contributed by atoms with Crippen LogP contribution in [0, 0.1) is 0 Å². The van der Waals surface area contributed by atoms with E-state index in [1.807, 2.05) is 0 Å². The first kappa shape index (κ1) is 13.5. The Labute approximate surface area is 119 Å². The lowest BCUT2D eigenvalue weighted by molar-refractivity contribution is 0.102. The van der Waals surface area contributed by atoms with Crippen molar-refractivity contribution in [1.82, 2.24) is 0 Å². The number of carbonyl (C=O) groups excluding carboxylic acids is 1. The summed E-state index contributed by atoms with van der Waals surface area (Å²) in [5.74, 6) is -0.967. The molecule has 4 nitrogen and oxygen atoms in total. The van der Waals surface area contributed by atoms with Crippen LogP contribution in [0.25, 0.3) is 0 Å². The molecular weight excluding hydrogens is 289 g/mol. The highest BCUT2D eigenvalue weighted by molar-refractivity contribution is 6.44. The maximum atomic E-state index is 12.0. The summed E-state index contributed by atoms with van der Waals surface area (Å²) >= 11 is 11.8. The average Bonchev–Trinajstić information content (AvgIpc) is 2.38. The lowest BCUT2D eigenvalue weighted by Crippen LogP contribution is -2.12. The van der Waals surface area contributed by atoms with E-state index in [1.54, 1.807) is 18.2 Å². The molecular formula is C13H9Cl2NO3. The summed E-state index contributed by atoms with van der Waals surface area (Å²) in [5.41, 5.74) is 0.262. The van der Waals surface area contributed by atoms with Crippen molar-refractivity contribution < 1.29 is 15.0 Å². The summed E-state index contributed by atoms with van der Waals surface area (Å²) < 4.78 is 0. The Kier molecular flexibility index (Phi) is 3.83. The molecule has 0 aliphatic rings. The normalized spacial score (nSPS) is 10.2. The highest BCUT2D eigenvalue weighted by atomic mass is 35.5. The van der Waals surface area contributed by atoms with Crippen LogP contribution in [0.3, 0.4) is 0 Å². The topological polar surface area (TPSA) is 69.6 Å². The highest BCUT2D eigenvalue weighted by Crippen LogP contribution is 2.30. The van der Waals surface area contributed by atoms with E-state index in [0.29, 0.717) is 10.7 Å². The van der Waals surface area contributed by atoms with E-state index in [2.05, 4.69) is 5.32 Å². The third-order valence-corrected chi connectivity index (χ3v) is 3.24. The Bertz CT molecular complexity index is 644. The molecule has 0 bridgehead atoms. The fourth-order valence-electron chi connectivity index (χ4n) is 1.50. The zero-order valence-electron chi connectivity index (χ0n) is 9.52. The minimum absolute atomic E-state index is 0.0592. The van der Waals surface area contributed by atoms with Gasteiger partial charge in [-0.25, -0.2) is 0 Å². The van der Waals surface area contributed by atoms with E-state index in [-0.39, 0.29) is 22.1 Å². The number of hydrogen-bond donors (Lipinski definition) is 3. The highest BCUT2D eigenvalue weighted by Gasteiger charge is 2.14. The van der Waals surface area contributed by atoms with E-state index in [4.69, 9.17) is 23.2 Å². The van der Waals surface area contributed by atoms with Gasteiger partial charge in [0.1, 0.15) is 11.5 Å². The zero-order valence-corrected chi connectivity index (χ0v) is 11.0. The lowest BCUT2D eigenvalue weighted by atomic mass is 10.1. The Hall–Kier alpha value is -1.91. The molecule has 0 saturated carbocycles. The minimum atomic E-state index is -0.599. The molecule has 3 N–H and O–H groups in total. The largest absolute Gasteiger partial charge is 0.508 e. The van der Waals surface area contributed by atoms with E-state index in [0.717, 1.165) is 6.07 Å². The van der Waals surface area contributed by atoms with Crippen molar-refractivity contribution in [1.29, 1.82) is 0 Å². The van der Waals surface area contributed by atoms with Gasteiger partial charge in [-0.2, -0.15) is 0 Å². The SMILES string of the molecule is O=C(Nc1cccc(Cl)c1Cl)c1cc(O)ccc1O. The first-order valence-electron chi connectivity index (χ1n) is 5.26. The molecule has 0 fully saturated rings. The first-order valence-corrected chi connectivity index (χ1v) is 6.02. The van der Waals surface area contributed by atoms with E-state index < -0.39 is 5.91 Å². The van der Waals surface area contributed by atoms with Gasteiger partial charge in [0.2, 0.25) is 0 Å². The number of anilines is 1. The van der Waals surface area contributed by atoms with Gasteiger partial charge in [-0.05, 0) is 30.3 Å². The van der Waals surface area contributed by atoms with Gasteiger partial charge < -0.3 is 15.5 Å². The predicted molar refractivity (Wildman–Crippen MR) is 74.2 cm³/mol. The second-order valence-electron chi connectivity index (χ2n) is 3.76. The Balaban J connectivity index is 2.31. The Morgan fingerprint density at radius 2 is 1.84 bits per heavy atom. The fourth-order valence-corrected chi connectivity index (χ4v) is 1.84. The molecule has 0 atom stereocenters. The van der Waals surface area contributed by atoms with Gasteiger partial charge in [0, 0.05) is 0 Å². The van der Waals surface area contributed by atoms with Crippen molar-refractivity contribution in [2.24, 2.45) is 0 Å². The van der Waals surface area contributed by atoms with Gasteiger partial charge in [-0.15, -0.1) is 0 Å². The van der Waals surface area contributed by atoms with Crippen molar-refractivity contribution >= 4 is 34.8 Å². The lowest BCUT2D eigenvalue weighted by Gasteiger charge is -2.09. The van der Waals surface area contributed by atoms with Gasteiger partial charge >= 0.3 is 0 Å². The van der Waals surface area contributed by atoms with Gasteiger partial charge in [-0.3, -0.25) is 4.79 Å². The average molecular weight is 298 g/mol. The van der Waals surface area contributed by atoms with E-state index >= 15 is 0 Å². The monoisotopic (exact) mass is 297 g/mol. The molecule has 98 valence electrons. The van der Waals surface area contributed by atoms with Crippen molar-refractivity contribution in [3.05, 3.63) is 52.0 Å². The van der Waals surface area contributed by atoms with Crippen LogP contribution in [-0.2, 0) is 0 Å². The molecule has 0 unspecified atom stereocenters. The van der Waals surface area contributed by atoms with Crippen LogP contribution in [0.15, 0.2) is 36.4 Å². The standard InChI is InChI=1S/C13H9Cl2NO3/c14-9-2-1-3-10(12(9)15)16-13(19)8-6-7(17)4-5-11(8)18/h1-6,17-18H,(H,16,19). The van der Waals surface area contributed by atoms with Gasteiger partial charge in [0.05, 0.1) is 21.3 Å². The second kappa shape index (κ2) is 5.38. The molecule has 0 aliphatic carbocycles. The third kappa shape index (κ3) is 2.92. The molecule has 1 amide bonds. The number of phenols is 2. The molecule has 19 heavy (non-hydrogen) atoms. The molecule has 2 aromatic carbocycles. The minimum Gasteiger partial charge on any atom is -0.508 e. The van der Waals surface area contributed by atoms with Crippen LogP contribution < -0.4 is 5.32 Å². The number of amides is 1. The number of rotatable bonds is 2. The molecule has 0 radical (unpaired) electrons. The molecule has 0 saturated heterocycles. The third-order valence-electron chi connectivity index (χ3n) is 2.42. The van der Waals surface area contributed by atoms with Gasteiger partial charge in [-0.1, -0.05) is 29.3 Å². The zero-order chi connectivity index (χ0) is 14.0. The maximum Gasteiger partial charge on any atom is 0.259 e. The molecule has 2 rings (SSSR count). The molecule has 0 spiro atoms. The molecule has 0 aromatic heterocycles. The number of halogens is 2. The first-order chi connectivity index (χ1) is 8.99. The van der Waals surface area contributed by atoms with E-state index in [9.17, 15) is 15.0 Å². The molecule has 6 heteroatoms. The Morgan fingerprint density at radius 3 is 2.58 bits per heavy atom. The summed E-state index contributed by atoms with van der Waals surface area (Å²) in [4.78, 5) is 12.0. The summed E-state index contributed by atoms with van der Waals surface area (Å²) in [6.45, 7) is 0. The van der Waals surface area contributed by atoms with Crippen molar-refractivity contribution in [2.45, 2.75) is 0 Å². The van der Waals surface area contributed by atoms with Gasteiger partial charge in [0.25, 0.3) is 5.91 Å². The number of benzene rings is 2. The van der Waals surface area contributed by atoms with Crippen molar-refractivity contribution in [3.8, 4) is 11.5 Å². The number of phenolic OH excluding ortho intramolecular Hbond substituents is 2. The van der Waals surface area contributed by atoms with Crippen LogP contribution in [0.1, 0.15) is 10.4 Å².